The van der Waals surface area contributed by atoms with Gasteiger partial charge in [0.05, 0.1) is 16.5 Å². The number of carbonyl (C=O) groups is 1. The summed E-state index contributed by atoms with van der Waals surface area (Å²) in [4.78, 5) is 17.0. The Morgan fingerprint density at radius 2 is 2.18 bits per heavy atom. The molecule has 0 unspecified atom stereocenters. The van der Waals surface area contributed by atoms with Crippen molar-refractivity contribution in [2.45, 2.75) is 50.7 Å². The number of nitrogens with zero attached hydrogens (tertiary/aromatic N) is 4. The molecule has 6 nitrogen and oxygen atoms in total. The van der Waals surface area contributed by atoms with E-state index in [2.05, 4.69) is 38.9 Å². The van der Waals surface area contributed by atoms with E-state index < -0.39 is 0 Å². The molecule has 28 heavy (non-hydrogen) atoms. The van der Waals surface area contributed by atoms with Crippen molar-refractivity contribution in [3.63, 3.8) is 0 Å². The Kier molecular flexibility index (Phi) is 5.50. The lowest BCUT2D eigenvalue weighted by atomic mass is 10.1. The van der Waals surface area contributed by atoms with Crippen LogP contribution in [0.3, 0.4) is 0 Å². The average Bonchev–Trinajstić information content (AvgIpc) is 3.26. The largest absolute Gasteiger partial charge is 0.325 e. The van der Waals surface area contributed by atoms with Crippen molar-refractivity contribution < 1.29 is 4.79 Å². The topological polar surface area (TPSA) is 72.7 Å². The first-order valence-corrected chi connectivity index (χ1v) is 11.3. The van der Waals surface area contributed by atoms with Crippen molar-refractivity contribution in [3.05, 3.63) is 40.5 Å². The number of rotatable bonds is 7. The van der Waals surface area contributed by atoms with Crippen molar-refractivity contribution in [2.75, 3.05) is 11.1 Å². The van der Waals surface area contributed by atoms with Crippen molar-refractivity contribution in [2.24, 2.45) is 0 Å². The molecule has 8 heteroatoms. The molecule has 0 saturated heterocycles. The number of anilines is 1. The summed E-state index contributed by atoms with van der Waals surface area (Å²) < 4.78 is 2.22. The summed E-state index contributed by atoms with van der Waals surface area (Å²) in [5, 5.41) is 15.5. The van der Waals surface area contributed by atoms with Gasteiger partial charge < -0.3 is 9.88 Å². The molecular weight excluding hydrogens is 390 g/mol. The summed E-state index contributed by atoms with van der Waals surface area (Å²) in [6.45, 7) is 6.24. The monoisotopic (exact) mass is 413 g/mol. The molecule has 146 valence electrons. The smallest absolute Gasteiger partial charge is 0.234 e. The highest BCUT2D eigenvalue weighted by Crippen LogP contribution is 2.40. The first-order valence-electron chi connectivity index (χ1n) is 9.41. The summed E-state index contributed by atoms with van der Waals surface area (Å²) in [5.74, 6) is 1.60. The lowest BCUT2D eigenvalue weighted by Gasteiger charge is -2.11. The van der Waals surface area contributed by atoms with Crippen molar-refractivity contribution in [3.8, 4) is 11.3 Å². The Morgan fingerprint density at radius 1 is 1.36 bits per heavy atom. The van der Waals surface area contributed by atoms with Gasteiger partial charge in [0.15, 0.2) is 5.16 Å². The summed E-state index contributed by atoms with van der Waals surface area (Å²) >= 11 is 3.07. The third-order valence-corrected chi connectivity index (χ3v) is 6.23. The minimum atomic E-state index is -0.0481. The Labute approximate surface area is 172 Å². The molecule has 0 aliphatic heterocycles. The third kappa shape index (κ3) is 4.28. The zero-order valence-electron chi connectivity index (χ0n) is 16.2. The highest BCUT2D eigenvalue weighted by Gasteiger charge is 2.30. The molecule has 4 rings (SSSR count). The zero-order chi connectivity index (χ0) is 19.7. The number of amides is 1. The fourth-order valence-electron chi connectivity index (χ4n) is 3.04. The van der Waals surface area contributed by atoms with Crippen LogP contribution in [-0.2, 0) is 4.79 Å². The van der Waals surface area contributed by atoms with Gasteiger partial charge in [0.25, 0.3) is 0 Å². The van der Waals surface area contributed by atoms with E-state index in [0.29, 0.717) is 17.7 Å². The molecule has 1 N–H and O–H groups in total. The van der Waals surface area contributed by atoms with Crippen LogP contribution in [0.4, 0.5) is 5.69 Å². The highest BCUT2D eigenvalue weighted by atomic mass is 32.2. The molecule has 0 atom stereocenters. The number of carbonyl (C=O) groups excluding carboxylic acids is 1. The maximum atomic E-state index is 12.5. The van der Waals surface area contributed by atoms with E-state index in [9.17, 15) is 4.79 Å². The number of hydrogen-bond acceptors (Lipinski definition) is 6. The first kappa shape index (κ1) is 19.1. The molecule has 2 heterocycles. The average molecular weight is 414 g/mol. The summed E-state index contributed by atoms with van der Waals surface area (Å²) in [6.07, 6.45) is 2.33. The van der Waals surface area contributed by atoms with E-state index in [1.807, 2.05) is 36.6 Å². The van der Waals surface area contributed by atoms with Crippen LogP contribution < -0.4 is 5.32 Å². The lowest BCUT2D eigenvalue weighted by molar-refractivity contribution is -0.113. The van der Waals surface area contributed by atoms with E-state index >= 15 is 0 Å². The molecule has 0 bridgehead atoms. The van der Waals surface area contributed by atoms with Gasteiger partial charge in [-0.15, -0.1) is 21.5 Å². The summed E-state index contributed by atoms with van der Waals surface area (Å²) in [7, 11) is 0. The minimum Gasteiger partial charge on any atom is -0.325 e. The second kappa shape index (κ2) is 8.05. The lowest BCUT2D eigenvalue weighted by Crippen LogP contribution is -2.15. The summed E-state index contributed by atoms with van der Waals surface area (Å²) in [5.41, 5.74) is 2.72. The second-order valence-corrected chi connectivity index (χ2v) is 9.27. The van der Waals surface area contributed by atoms with E-state index in [-0.39, 0.29) is 5.91 Å². The maximum absolute atomic E-state index is 12.5. The number of nitrogens with one attached hydrogen (secondary N) is 1. The van der Waals surface area contributed by atoms with Gasteiger partial charge in [-0.2, -0.15) is 0 Å². The molecule has 1 aromatic carbocycles. The Balaban J connectivity index is 1.40. The number of aromatic nitrogens is 4. The van der Waals surface area contributed by atoms with Crippen LogP contribution in [0.15, 0.2) is 34.8 Å². The molecule has 2 aromatic heterocycles. The standard InChI is InChI=1S/C20H23N5OS2/c1-12(2)19-23-24-20(25(19)16-7-8-16)28-11-18(26)22-15-6-4-5-14(9-15)17-10-27-13(3)21-17/h4-6,9-10,12,16H,7-8,11H2,1-3H3,(H,22,26). The van der Waals surface area contributed by atoms with E-state index in [1.54, 1.807) is 11.3 Å². The number of hydrogen-bond donors (Lipinski definition) is 1. The molecule has 0 radical (unpaired) electrons. The highest BCUT2D eigenvalue weighted by molar-refractivity contribution is 7.99. The Morgan fingerprint density at radius 3 is 2.86 bits per heavy atom. The van der Waals surface area contributed by atoms with E-state index in [0.717, 1.165) is 32.9 Å². The van der Waals surface area contributed by atoms with Crippen LogP contribution in [0.1, 0.15) is 49.5 Å². The maximum Gasteiger partial charge on any atom is 0.234 e. The van der Waals surface area contributed by atoms with Crippen LogP contribution in [0, 0.1) is 6.92 Å². The molecular formula is C20H23N5OS2. The second-order valence-electron chi connectivity index (χ2n) is 7.27. The number of thiazole rings is 1. The molecule has 1 amide bonds. The normalized spacial score (nSPS) is 13.9. The van der Waals surface area contributed by atoms with Crippen molar-refractivity contribution >= 4 is 34.7 Å². The van der Waals surface area contributed by atoms with Gasteiger partial charge in [0, 0.05) is 28.6 Å². The van der Waals surface area contributed by atoms with Gasteiger partial charge in [-0.1, -0.05) is 37.7 Å². The van der Waals surface area contributed by atoms with E-state index in [1.165, 1.54) is 24.6 Å². The summed E-state index contributed by atoms with van der Waals surface area (Å²) in [6, 6.07) is 8.29. The van der Waals surface area contributed by atoms with Gasteiger partial charge in [0.1, 0.15) is 5.82 Å². The number of benzene rings is 1. The van der Waals surface area contributed by atoms with Gasteiger partial charge in [-0.05, 0) is 31.9 Å². The third-order valence-electron chi connectivity index (χ3n) is 4.51. The molecule has 0 spiro atoms. The predicted octanol–water partition coefficient (Wildman–Crippen LogP) is 4.90. The Hall–Kier alpha value is -2.19. The Bertz CT molecular complexity index is 990. The number of thioether (sulfide) groups is 1. The van der Waals surface area contributed by atoms with Gasteiger partial charge in [-0.25, -0.2) is 4.98 Å². The predicted molar refractivity (Wildman–Crippen MR) is 114 cm³/mol. The SMILES string of the molecule is Cc1nc(-c2cccc(NC(=O)CSc3nnc(C(C)C)n3C3CC3)c2)cs1. The number of aryl methyl sites for hydroxylation is 1. The van der Waals surface area contributed by atoms with Crippen molar-refractivity contribution in [1.82, 2.24) is 19.7 Å². The van der Waals surface area contributed by atoms with Crippen LogP contribution in [0.2, 0.25) is 0 Å². The molecule has 1 aliphatic rings. The van der Waals surface area contributed by atoms with Crippen LogP contribution in [0.5, 0.6) is 0 Å². The molecule has 3 aromatic rings. The zero-order valence-corrected chi connectivity index (χ0v) is 17.8. The quantitative estimate of drug-likeness (QED) is 0.558. The first-order chi connectivity index (χ1) is 13.5. The fourth-order valence-corrected chi connectivity index (χ4v) is 4.47. The van der Waals surface area contributed by atoms with Crippen LogP contribution >= 0.6 is 23.1 Å². The van der Waals surface area contributed by atoms with Gasteiger partial charge >= 0.3 is 0 Å². The van der Waals surface area contributed by atoms with Gasteiger partial charge in [0.2, 0.25) is 5.91 Å². The molecule has 1 aliphatic carbocycles. The van der Waals surface area contributed by atoms with E-state index in [4.69, 9.17) is 0 Å². The van der Waals surface area contributed by atoms with Crippen molar-refractivity contribution in [1.29, 1.82) is 0 Å². The molecule has 1 fully saturated rings. The molecule has 1 saturated carbocycles. The minimum absolute atomic E-state index is 0.0481. The van der Waals surface area contributed by atoms with Crippen LogP contribution in [0.25, 0.3) is 11.3 Å². The van der Waals surface area contributed by atoms with Gasteiger partial charge in [-0.3, -0.25) is 4.79 Å². The van der Waals surface area contributed by atoms with Crippen LogP contribution in [-0.4, -0.2) is 31.4 Å². The fraction of sp³-hybridized carbons (Fsp3) is 0.400.